The van der Waals surface area contributed by atoms with E-state index >= 15 is 0 Å². The second-order valence-corrected chi connectivity index (χ2v) is 10.2. The van der Waals surface area contributed by atoms with Crippen LogP contribution in [0.25, 0.3) is 0 Å². The van der Waals surface area contributed by atoms with Gasteiger partial charge in [-0.1, -0.05) is 0 Å². The molecule has 0 spiro atoms. The molecule has 0 saturated carbocycles. The molecule has 0 aromatic carbocycles. The molecule has 0 N–H and O–H groups in total. The summed E-state index contributed by atoms with van der Waals surface area (Å²) in [5, 5.41) is 25.5. The lowest BCUT2D eigenvalue weighted by molar-refractivity contribution is -0.381. The number of rotatable bonds is 2. The van der Waals surface area contributed by atoms with Gasteiger partial charge in [-0.2, -0.15) is 10.3 Å². The average Bonchev–Trinajstić information content (AvgIpc) is 2.40. The highest BCUT2D eigenvalue weighted by molar-refractivity contribution is 5.09. The van der Waals surface area contributed by atoms with Crippen LogP contribution in [-0.2, 0) is 10.0 Å². The van der Waals surface area contributed by atoms with Gasteiger partial charge in [0.05, 0.1) is 17.5 Å². The number of nitriles is 1. The second kappa shape index (κ2) is 6.16. The zero-order chi connectivity index (χ0) is 19.4. The van der Waals surface area contributed by atoms with E-state index in [2.05, 4.69) is 6.07 Å². The van der Waals surface area contributed by atoms with Crippen LogP contribution >= 0.6 is 0 Å². The Hall–Kier alpha value is -0.740. The van der Waals surface area contributed by atoms with Gasteiger partial charge in [0.15, 0.2) is 0 Å². The molecule has 0 amide bonds. The summed E-state index contributed by atoms with van der Waals surface area (Å²) in [5.74, 6) is -0.398. The summed E-state index contributed by atoms with van der Waals surface area (Å²) in [7, 11) is 0. The van der Waals surface area contributed by atoms with Gasteiger partial charge in [-0.25, -0.2) is 4.39 Å². The topological polar surface area (TPSA) is 59.4 Å². The first-order valence-corrected chi connectivity index (χ1v) is 9.13. The van der Waals surface area contributed by atoms with Crippen molar-refractivity contribution in [1.82, 2.24) is 10.1 Å². The van der Waals surface area contributed by atoms with E-state index in [9.17, 15) is 14.9 Å². The summed E-state index contributed by atoms with van der Waals surface area (Å²) >= 11 is 0. The maximum Gasteiger partial charge on any atom is 0.115 e. The van der Waals surface area contributed by atoms with Crippen LogP contribution in [-0.4, -0.2) is 44.6 Å². The normalized spacial score (nSPS) is 35.2. The zero-order valence-corrected chi connectivity index (χ0v) is 16.9. The maximum atomic E-state index is 14.2. The first-order valence-electron chi connectivity index (χ1n) is 9.13. The van der Waals surface area contributed by atoms with E-state index in [1.54, 1.807) is 0 Å². The smallest absolute Gasteiger partial charge is 0.115 e. The summed E-state index contributed by atoms with van der Waals surface area (Å²) in [6.45, 7) is 15.2. The molecule has 2 rings (SSSR count). The van der Waals surface area contributed by atoms with Crippen LogP contribution in [0.2, 0.25) is 0 Å². The fourth-order valence-corrected chi connectivity index (χ4v) is 4.97. The minimum absolute atomic E-state index is 0.368. The number of nitrogens with zero attached hydrogens (tertiary/aromatic N) is 3. The highest BCUT2D eigenvalue weighted by Gasteiger charge is 2.57. The number of hydrogen-bond acceptors (Lipinski definition) is 4. The molecule has 0 aromatic rings. The Morgan fingerprint density at radius 1 is 0.960 bits per heavy atom. The van der Waals surface area contributed by atoms with E-state index in [1.165, 1.54) is 0 Å². The first-order chi connectivity index (χ1) is 11.1. The van der Waals surface area contributed by atoms with Crippen molar-refractivity contribution >= 4 is 0 Å². The van der Waals surface area contributed by atoms with Gasteiger partial charge in [-0.15, -0.1) is 10.3 Å². The number of hydrogen-bond donors (Lipinski definition) is 0. The lowest BCUT2D eigenvalue weighted by atomic mass is 9.73. The van der Waals surface area contributed by atoms with E-state index in [0.717, 1.165) is 5.06 Å². The molecule has 5 nitrogen and oxygen atoms in total. The fraction of sp³-hybridized carbons (Fsp3) is 0.947. The number of alkyl halides is 1. The largest absolute Gasteiger partial charge is 0.291 e. The Morgan fingerprint density at radius 3 is 1.88 bits per heavy atom. The van der Waals surface area contributed by atoms with Crippen LogP contribution in [0.1, 0.15) is 74.7 Å². The number of piperidine rings is 2. The predicted molar refractivity (Wildman–Crippen MR) is 93.4 cm³/mol. The first kappa shape index (κ1) is 20.6. The average molecular weight is 354 g/mol. The van der Waals surface area contributed by atoms with Crippen LogP contribution < -0.4 is 0 Å². The van der Waals surface area contributed by atoms with Crippen LogP contribution in [0.5, 0.6) is 0 Å². The van der Waals surface area contributed by atoms with Crippen molar-refractivity contribution in [3.63, 3.8) is 0 Å². The Kier molecular flexibility index (Phi) is 5.07. The standard InChI is InChI=1S/C19H33FN3O2/c1-16(2)9-13(12-21)15(19(7,8)22(16)24)25-23-17(3,4)10-14(20)11-18(23,5)6/h13-15H,9-11H2,1-8H3. The van der Waals surface area contributed by atoms with Crippen molar-refractivity contribution in [3.8, 4) is 6.07 Å². The summed E-state index contributed by atoms with van der Waals surface area (Å²) in [4.78, 5) is 6.40. The Balaban J connectivity index is 2.38. The lowest BCUT2D eigenvalue weighted by Gasteiger charge is -2.58. The van der Waals surface area contributed by atoms with Crippen LogP contribution in [0.4, 0.5) is 4.39 Å². The Morgan fingerprint density at radius 2 is 1.44 bits per heavy atom. The number of halogens is 1. The molecule has 6 heteroatoms. The van der Waals surface area contributed by atoms with Gasteiger partial charge in [0.2, 0.25) is 0 Å². The number of hydroxylamine groups is 4. The predicted octanol–water partition coefficient (Wildman–Crippen LogP) is 4.03. The summed E-state index contributed by atoms with van der Waals surface area (Å²) in [6, 6.07) is 2.35. The SMILES string of the molecule is CC1(C)CC(F)CC(C)(C)N1OC1C(C#N)CC(C)(C)N([O])C1(C)C. The van der Waals surface area contributed by atoms with Gasteiger partial charge in [-0.05, 0) is 74.7 Å². The molecule has 2 heterocycles. The van der Waals surface area contributed by atoms with E-state index in [-0.39, 0.29) is 0 Å². The van der Waals surface area contributed by atoms with Crippen molar-refractivity contribution in [2.24, 2.45) is 5.92 Å². The molecule has 143 valence electrons. The third kappa shape index (κ3) is 3.57. The lowest BCUT2D eigenvalue weighted by Crippen LogP contribution is -2.70. The molecule has 2 unspecified atom stereocenters. The van der Waals surface area contributed by atoms with Crippen molar-refractivity contribution in [3.05, 3.63) is 0 Å². The third-order valence-electron chi connectivity index (χ3n) is 5.78. The van der Waals surface area contributed by atoms with E-state index in [1.807, 2.05) is 60.5 Å². The van der Waals surface area contributed by atoms with Crippen molar-refractivity contribution in [1.29, 1.82) is 5.26 Å². The van der Waals surface area contributed by atoms with Gasteiger partial charge in [0.25, 0.3) is 0 Å². The van der Waals surface area contributed by atoms with E-state index < -0.39 is 40.3 Å². The fourth-order valence-electron chi connectivity index (χ4n) is 4.97. The summed E-state index contributed by atoms with van der Waals surface area (Å²) in [5.41, 5.74) is -2.52. The van der Waals surface area contributed by atoms with Gasteiger partial charge in [-0.3, -0.25) is 4.84 Å². The summed E-state index contributed by atoms with van der Waals surface area (Å²) < 4.78 is 14.2. The Labute approximate surface area is 151 Å². The van der Waals surface area contributed by atoms with Crippen LogP contribution in [0.3, 0.4) is 0 Å². The van der Waals surface area contributed by atoms with Gasteiger partial charge in [0.1, 0.15) is 12.3 Å². The maximum absolute atomic E-state index is 14.2. The Bertz CT molecular complexity index is 535. The molecule has 2 aliphatic heterocycles. The molecule has 0 aliphatic carbocycles. The minimum atomic E-state index is -0.883. The molecule has 0 aromatic heterocycles. The quantitative estimate of drug-likeness (QED) is 0.751. The highest BCUT2D eigenvalue weighted by atomic mass is 19.1. The minimum Gasteiger partial charge on any atom is -0.291 e. The monoisotopic (exact) mass is 354 g/mol. The van der Waals surface area contributed by atoms with Crippen molar-refractivity contribution in [2.45, 2.75) is 109 Å². The molecule has 25 heavy (non-hydrogen) atoms. The summed E-state index contributed by atoms with van der Waals surface area (Å²) in [6.07, 6.45) is -0.272. The van der Waals surface area contributed by atoms with E-state index in [0.29, 0.717) is 19.3 Å². The van der Waals surface area contributed by atoms with Gasteiger partial charge >= 0.3 is 0 Å². The molecule has 2 aliphatic rings. The van der Waals surface area contributed by atoms with Crippen molar-refractivity contribution in [2.75, 3.05) is 0 Å². The molecule has 2 fully saturated rings. The highest BCUT2D eigenvalue weighted by Crippen LogP contribution is 2.46. The molecule has 1 radical (unpaired) electrons. The van der Waals surface area contributed by atoms with Crippen LogP contribution in [0, 0.1) is 17.2 Å². The molecule has 0 bridgehead atoms. The molecule has 2 saturated heterocycles. The van der Waals surface area contributed by atoms with Crippen molar-refractivity contribution < 1.29 is 14.4 Å². The third-order valence-corrected chi connectivity index (χ3v) is 5.78. The van der Waals surface area contributed by atoms with Crippen LogP contribution in [0.15, 0.2) is 0 Å². The molecular formula is C19H33FN3O2. The molecule has 2 atom stereocenters. The zero-order valence-electron chi connectivity index (χ0n) is 16.9. The second-order valence-electron chi connectivity index (χ2n) is 10.2. The molecular weight excluding hydrogens is 321 g/mol. The van der Waals surface area contributed by atoms with E-state index in [4.69, 9.17) is 4.84 Å². The van der Waals surface area contributed by atoms with Gasteiger partial charge < -0.3 is 0 Å². The van der Waals surface area contributed by atoms with Gasteiger partial charge in [0, 0.05) is 16.6 Å².